The predicted octanol–water partition coefficient (Wildman–Crippen LogP) is 0.904. The molecule has 2 aliphatic heterocycles. The number of amides is 1. The van der Waals surface area contributed by atoms with Crippen LogP contribution < -0.4 is 15.5 Å². The number of nitrogens with zero attached hydrogens (tertiary/aromatic N) is 3. The van der Waals surface area contributed by atoms with E-state index in [4.69, 9.17) is 0 Å². The fourth-order valence-electron chi connectivity index (χ4n) is 3.46. The Hall–Kier alpha value is -2.13. The van der Waals surface area contributed by atoms with Crippen molar-refractivity contribution in [2.45, 2.75) is 32.7 Å². The lowest BCUT2D eigenvalue weighted by Gasteiger charge is -2.17. The maximum absolute atomic E-state index is 11.8. The van der Waals surface area contributed by atoms with Crippen LogP contribution in [0.15, 0.2) is 29.3 Å². The number of sulfonamides is 1. The van der Waals surface area contributed by atoms with Crippen molar-refractivity contribution in [3.8, 4) is 0 Å². The van der Waals surface area contributed by atoms with E-state index in [0.717, 1.165) is 30.8 Å². The van der Waals surface area contributed by atoms with E-state index in [2.05, 4.69) is 15.6 Å². The zero-order valence-electron chi connectivity index (χ0n) is 16.4. The second-order valence-corrected chi connectivity index (χ2v) is 9.09. The summed E-state index contributed by atoms with van der Waals surface area (Å²) >= 11 is 0. The van der Waals surface area contributed by atoms with Crippen molar-refractivity contribution in [2.75, 3.05) is 43.4 Å². The number of carbonyl (C=O) groups excluding carboxylic acids is 1. The number of hydrogen-bond acceptors (Lipinski definition) is 4. The molecule has 0 atom stereocenters. The van der Waals surface area contributed by atoms with Gasteiger partial charge in [0.2, 0.25) is 15.9 Å². The molecule has 1 amide bonds. The molecule has 28 heavy (non-hydrogen) atoms. The fraction of sp³-hybridized carbons (Fsp3) is 0.579. The Morgan fingerprint density at radius 3 is 2.54 bits per heavy atom. The second kappa shape index (κ2) is 9.38. The first-order chi connectivity index (χ1) is 13.5. The molecule has 0 bridgehead atoms. The van der Waals surface area contributed by atoms with Crippen molar-refractivity contribution in [3.05, 3.63) is 29.8 Å². The summed E-state index contributed by atoms with van der Waals surface area (Å²) in [6, 6.07) is 7.91. The van der Waals surface area contributed by atoms with Gasteiger partial charge in [0.25, 0.3) is 0 Å². The molecule has 2 heterocycles. The van der Waals surface area contributed by atoms with Gasteiger partial charge >= 0.3 is 0 Å². The van der Waals surface area contributed by atoms with Gasteiger partial charge in [0.15, 0.2) is 5.96 Å². The number of anilines is 1. The van der Waals surface area contributed by atoms with Crippen LogP contribution in [-0.2, 0) is 21.4 Å². The molecule has 0 aliphatic carbocycles. The molecule has 8 nitrogen and oxygen atoms in total. The quantitative estimate of drug-likeness (QED) is 0.517. The molecule has 1 aromatic rings. The molecule has 1 aromatic carbocycles. The lowest BCUT2D eigenvalue weighted by molar-refractivity contribution is -0.117. The zero-order valence-corrected chi connectivity index (χ0v) is 17.2. The largest absolute Gasteiger partial charge is 0.357 e. The Labute approximate surface area is 167 Å². The van der Waals surface area contributed by atoms with Crippen LogP contribution in [0.2, 0.25) is 0 Å². The summed E-state index contributed by atoms with van der Waals surface area (Å²) in [5.41, 5.74) is 1.99. The molecule has 0 radical (unpaired) electrons. The van der Waals surface area contributed by atoms with Crippen LogP contribution >= 0.6 is 0 Å². The average molecular weight is 408 g/mol. The highest BCUT2D eigenvalue weighted by Crippen LogP contribution is 2.21. The van der Waals surface area contributed by atoms with Crippen molar-refractivity contribution in [2.24, 2.45) is 4.99 Å². The molecule has 2 fully saturated rings. The molecular formula is C19H29N5O3S. The normalized spacial score (nSPS) is 20.0. The topological polar surface area (TPSA) is 94.1 Å². The van der Waals surface area contributed by atoms with E-state index < -0.39 is 10.0 Å². The highest BCUT2D eigenvalue weighted by Gasteiger charge is 2.27. The number of benzene rings is 1. The van der Waals surface area contributed by atoms with E-state index in [9.17, 15) is 13.2 Å². The summed E-state index contributed by atoms with van der Waals surface area (Å²) in [7, 11) is -3.06. The molecule has 0 spiro atoms. The molecule has 9 heteroatoms. The van der Waals surface area contributed by atoms with E-state index in [0.29, 0.717) is 45.0 Å². The Kier molecular flexibility index (Phi) is 6.90. The monoisotopic (exact) mass is 407 g/mol. The van der Waals surface area contributed by atoms with Crippen LogP contribution in [0.4, 0.5) is 5.69 Å². The first-order valence-corrected chi connectivity index (χ1v) is 11.5. The lowest BCUT2D eigenvalue weighted by atomic mass is 10.2. The Bertz CT molecular complexity index is 807. The molecule has 2 saturated heterocycles. The molecule has 0 saturated carbocycles. The summed E-state index contributed by atoms with van der Waals surface area (Å²) in [5, 5.41) is 6.38. The third kappa shape index (κ3) is 5.23. The summed E-state index contributed by atoms with van der Waals surface area (Å²) in [4.78, 5) is 18.2. The number of nitrogens with one attached hydrogen (secondary N) is 2. The highest BCUT2D eigenvalue weighted by molar-refractivity contribution is 7.89. The summed E-state index contributed by atoms with van der Waals surface area (Å²) in [5.74, 6) is 1.10. The van der Waals surface area contributed by atoms with Gasteiger partial charge in [-0.05, 0) is 37.5 Å². The van der Waals surface area contributed by atoms with Gasteiger partial charge in [0.1, 0.15) is 0 Å². The van der Waals surface area contributed by atoms with Gasteiger partial charge in [0, 0.05) is 44.8 Å². The maximum atomic E-state index is 11.8. The minimum absolute atomic E-state index is 0.185. The fourth-order valence-corrected chi connectivity index (χ4v) is 4.98. The lowest BCUT2D eigenvalue weighted by Crippen LogP contribution is -2.42. The van der Waals surface area contributed by atoms with Gasteiger partial charge < -0.3 is 15.5 Å². The minimum Gasteiger partial charge on any atom is -0.357 e. The van der Waals surface area contributed by atoms with Crippen molar-refractivity contribution in [1.29, 1.82) is 0 Å². The van der Waals surface area contributed by atoms with Gasteiger partial charge in [-0.25, -0.2) is 17.7 Å². The molecule has 3 rings (SSSR count). The smallest absolute Gasteiger partial charge is 0.227 e. The van der Waals surface area contributed by atoms with Crippen LogP contribution in [0.1, 0.15) is 31.7 Å². The second-order valence-electron chi connectivity index (χ2n) is 7.01. The van der Waals surface area contributed by atoms with Crippen molar-refractivity contribution in [1.82, 2.24) is 14.9 Å². The van der Waals surface area contributed by atoms with E-state index >= 15 is 0 Å². The number of aliphatic imine (C=N–C) groups is 1. The molecule has 2 aliphatic rings. The molecule has 154 valence electrons. The number of guanidine groups is 1. The Morgan fingerprint density at radius 1 is 1.14 bits per heavy atom. The van der Waals surface area contributed by atoms with Crippen LogP contribution in [-0.4, -0.2) is 63.1 Å². The van der Waals surface area contributed by atoms with E-state index in [1.165, 1.54) is 4.31 Å². The van der Waals surface area contributed by atoms with Crippen LogP contribution in [0.5, 0.6) is 0 Å². The van der Waals surface area contributed by atoms with Gasteiger partial charge in [-0.1, -0.05) is 12.1 Å². The first-order valence-electron chi connectivity index (χ1n) is 9.89. The maximum Gasteiger partial charge on any atom is 0.227 e. The molecule has 0 unspecified atom stereocenters. The van der Waals surface area contributed by atoms with Gasteiger partial charge in [-0.15, -0.1) is 0 Å². The van der Waals surface area contributed by atoms with E-state index in [1.807, 2.05) is 36.1 Å². The number of hydrogen-bond donors (Lipinski definition) is 2. The Morgan fingerprint density at radius 2 is 1.93 bits per heavy atom. The van der Waals surface area contributed by atoms with Gasteiger partial charge in [0.05, 0.1) is 12.3 Å². The van der Waals surface area contributed by atoms with Gasteiger partial charge in [-0.2, -0.15) is 0 Å². The highest BCUT2D eigenvalue weighted by atomic mass is 32.2. The van der Waals surface area contributed by atoms with Gasteiger partial charge in [-0.3, -0.25) is 4.79 Å². The van der Waals surface area contributed by atoms with Crippen LogP contribution in [0, 0.1) is 0 Å². The Balaban J connectivity index is 1.52. The third-order valence-corrected chi connectivity index (χ3v) is 6.90. The van der Waals surface area contributed by atoms with Crippen molar-refractivity contribution < 1.29 is 13.2 Å². The first kappa shape index (κ1) is 20.6. The molecule has 2 N–H and O–H groups in total. The van der Waals surface area contributed by atoms with Crippen molar-refractivity contribution >= 4 is 27.6 Å². The van der Waals surface area contributed by atoms with E-state index in [-0.39, 0.29) is 11.7 Å². The average Bonchev–Trinajstić information content (AvgIpc) is 3.25. The SMILES string of the molecule is CCNC(=NCc1ccc(N2CCCC2=O)cc1)NCCN1CCCS1(=O)=O. The standard InChI is InChI=1S/C19H29N5O3S/c1-2-20-19(21-10-13-23-11-4-14-28(23,26)27)22-15-16-6-8-17(9-7-16)24-12-3-5-18(24)25/h6-9H,2-5,10-15H2,1H3,(H2,20,21,22). The predicted molar refractivity (Wildman–Crippen MR) is 111 cm³/mol. The van der Waals surface area contributed by atoms with Crippen LogP contribution in [0.25, 0.3) is 0 Å². The van der Waals surface area contributed by atoms with E-state index in [1.54, 1.807) is 0 Å². The van der Waals surface area contributed by atoms with Crippen molar-refractivity contribution in [3.63, 3.8) is 0 Å². The summed E-state index contributed by atoms with van der Waals surface area (Å²) in [6.45, 7) is 5.58. The molecule has 0 aromatic heterocycles. The zero-order chi connectivity index (χ0) is 20.0. The summed E-state index contributed by atoms with van der Waals surface area (Å²) < 4.78 is 25.2. The minimum atomic E-state index is -3.06. The number of carbonyl (C=O) groups is 1. The number of rotatable bonds is 7. The van der Waals surface area contributed by atoms with Crippen LogP contribution in [0.3, 0.4) is 0 Å². The summed E-state index contributed by atoms with van der Waals surface area (Å²) in [6.07, 6.45) is 2.25. The molecular weight excluding hydrogens is 378 g/mol. The third-order valence-electron chi connectivity index (χ3n) is 4.94.